The predicted octanol–water partition coefficient (Wildman–Crippen LogP) is 1.68. The molecule has 0 fully saturated rings. The molecule has 0 saturated heterocycles. The molecule has 0 bridgehead atoms. The minimum atomic E-state index is -0.346. The smallest absolute Gasteiger partial charge is 0.167 e. The monoisotopic (exact) mass is 251 g/mol. The topological polar surface area (TPSA) is 49.3 Å². The molecule has 0 aromatic rings. The molecule has 0 spiro atoms. The molecule has 0 radical (unpaired) electrons. The Balaban J connectivity index is 3.89. The summed E-state index contributed by atoms with van der Waals surface area (Å²) in [5, 5.41) is 0. The Morgan fingerprint density at radius 3 is 2.62 bits per heavy atom. The van der Waals surface area contributed by atoms with Gasteiger partial charge in [-0.05, 0) is 26.3 Å². The van der Waals surface area contributed by atoms with Crippen LogP contribution in [0.3, 0.4) is 0 Å². The molecule has 2 unspecified atom stereocenters. The molecule has 2 atom stereocenters. The Hall–Kier alpha value is -0.140. The molecule has 0 aliphatic rings. The molecular weight excluding hydrogens is 230 g/mol. The lowest BCUT2D eigenvalue weighted by molar-refractivity contribution is -0.101. The number of ether oxygens (including phenoxy) is 3. The van der Waals surface area contributed by atoms with Crippen LogP contribution in [0.15, 0.2) is 4.99 Å². The van der Waals surface area contributed by atoms with E-state index in [1.165, 1.54) is 0 Å². The zero-order chi connectivity index (χ0) is 12.2. The lowest BCUT2D eigenvalue weighted by Crippen LogP contribution is -2.22. The number of rotatable bonds is 10. The van der Waals surface area contributed by atoms with Gasteiger partial charge in [-0.1, -0.05) is 0 Å². The highest BCUT2D eigenvalue weighted by atomic mass is 32.1. The normalized spacial score (nSPS) is 15.5. The fourth-order valence-corrected chi connectivity index (χ4v) is 1.16. The second-order valence-corrected chi connectivity index (χ2v) is 3.44. The van der Waals surface area contributed by atoms with Crippen molar-refractivity contribution < 1.29 is 18.4 Å². The van der Waals surface area contributed by atoms with Gasteiger partial charge in [-0.15, -0.1) is 0 Å². The van der Waals surface area contributed by atoms with Crippen LogP contribution in [0.25, 0.3) is 0 Å². The predicted molar refractivity (Wildman–Crippen MR) is 65.9 cm³/mol. The highest BCUT2D eigenvalue weighted by Gasteiger charge is 2.12. The fourth-order valence-electron chi connectivity index (χ4n) is 1.11. The van der Waals surface area contributed by atoms with Crippen LogP contribution in [-0.2, 0) is 18.4 Å². The van der Waals surface area contributed by atoms with E-state index in [0.29, 0.717) is 19.8 Å². The molecule has 0 aliphatic heterocycles. The van der Waals surface area contributed by atoms with Crippen molar-refractivity contribution in [1.82, 2.24) is 0 Å². The van der Waals surface area contributed by atoms with Crippen molar-refractivity contribution in [2.45, 2.75) is 32.2 Å². The summed E-state index contributed by atoms with van der Waals surface area (Å²) in [6.45, 7) is 2.80. The van der Waals surface area contributed by atoms with E-state index in [1.54, 1.807) is 27.4 Å². The molecule has 0 amide bonds. The van der Waals surface area contributed by atoms with Gasteiger partial charge < -0.3 is 14.2 Å². The van der Waals surface area contributed by atoms with Crippen LogP contribution in [0, 0.1) is 0 Å². The maximum absolute atomic E-state index is 5.57. The zero-order valence-electron chi connectivity index (χ0n) is 10.1. The quantitative estimate of drug-likeness (QED) is 0.278. The third-order valence-electron chi connectivity index (χ3n) is 1.88. The van der Waals surface area contributed by atoms with Gasteiger partial charge in [-0.25, -0.2) is 0 Å². The number of hydrogen-bond donors (Lipinski definition) is 1. The molecule has 16 heavy (non-hydrogen) atoms. The summed E-state index contributed by atoms with van der Waals surface area (Å²) in [5.74, 6) is 0. The van der Waals surface area contributed by atoms with Crippen LogP contribution in [0.5, 0.6) is 0 Å². The first-order valence-electron chi connectivity index (χ1n) is 5.16. The van der Waals surface area contributed by atoms with Crippen LogP contribution < -0.4 is 0 Å². The zero-order valence-corrected chi connectivity index (χ0v) is 11.0. The van der Waals surface area contributed by atoms with Gasteiger partial charge in [-0.3, -0.25) is 9.18 Å². The Labute approximate surface area is 103 Å². The molecule has 5 nitrogen and oxygen atoms in total. The van der Waals surface area contributed by atoms with E-state index in [0.717, 1.165) is 6.42 Å². The summed E-state index contributed by atoms with van der Waals surface area (Å²) in [5.41, 5.74) is 0. The van der Waals surface area contributed by atoms with E-state index < -0.39 is 0 Å². The van der Waals surface area contributed by atoms with Gasteiger partial charge in [0.1, 0.15) is 6.73 Å². The second kappa shape index (κ2) is 11.3. The largest absolute Gasteiger partial charge is 0.385 e. The van der Waals surface area contributed by atoms with Crippen LogP contribution in [0.1, 0.15) is 19.8 Å². The summed E-state index contributed by atoms with van der Waals surface area (Å²) in [7, 11) is 3.27. The average Bonchev–Trinajstić information content (AvgIpc) is 2.30. The number of nitrogens with zero attached hydrogens (tertiary/aromatic N) is 1. The third-order valence-corrected chi connectivity index (χ3v) is 2.17. The highest BCUT2D eigenvalue weighted by Crippen LogP contribution is 2.08. The molecule has 0 aliphatic carbocycles. The van der Waals surface area contributed by atoms with Crippen LogP contribution >= 0.6 is 12.9 Å². The van der Waals surface area contributed by atoms with Gasteiger partial charge in [0.2, 0.25) is 0 Å². The molecule has 0 rings (SSSR count). The molecule has 6 heteroatoms. The van der Waals surface area contributed by atoms with Crippen LogP contribution in [-0.4, -0.2) is 46.2 Å². The third kappa shape index (κ3) is 9.11. The van der Waals surface area contributed by atoms with Crippen LogP contribution in [0.4, 0.5) is 0 Å². The molecule has 0 aromatic heterocycles. The maximum Gasteiger partial charge on any atom is 0.167 e. The number of methoxy groups -OCH3 is 2. The SMILES string of the molecule is COCCC(C/C=N\COC)OC(C)OS. The number of hydrogen-bond acceptors (Lipinski definition) is 6. The molecule has 0 N–H and O–H groups in total. The molecule has 0 saturated carbocycles. The van der Waals surface area contributed by atoms with Crippen LogP contribution in [0.2, 0.25) is 0 Å². The highest BCUT2D eigenvalue weighted by molar-refractivity contribution is 7.75. The van der Waals surface area contributed by atoms with Crippen molar-refractivity contribution in [1.29, 1.82) is 0 Å². The lowest BCUT2D eigenvalue weighted by atomic mass is 10.2. The number of thiol groups is 1. The minimum Gasteiger partial charge on any atom is -0.385 e. The van der Waals surface area contributed by atoms with Gasteiger partial charge >= 0.3 is 0 Å². The van der Waals surface area contributed by atoms with Crippen molar-refractivity contribution in [3.05, 3.63) is 0 Å². The van der Waals surface area contributed by atoms with Gasteiger partial charge in [0.15, 0.2) is 6.29 Å². The molecule has 0 heterocycles. The minimum absolute atomic E-state index is 0.0164. The van der Waals surface area contributed by atoms with E-state index >= 15 is 0 Å². The standard InChI is InChI=1S/C10H21NO4S/c1-9(15-16)14-10(5-7-12-2)4-6-11-8-13-3/h6,9-10,16H,4-5,7-8H2,1-3H3/b11-6-. The Morgan fingerprint density at radius 1 is 1.31 bits per heavy atom. The van der Waals surface area contributed by atoms with Gasteiger partial charge in [0.05, 0.1) is 6.10 Å². The Morgan fingerprint density at radius 2 is 2.06 bits per heavy atom. The van der Waals surface area contributed by atoms with E-state index in [2.05, 4.69) is 17.9 Å². The fraction of sp³-hybridized carbons (Fsp3) is 0.900. The van der Waals surface area contributed by atoms with Crippen molar-refractivity contribution in [3.8, 4) is 0 Å². The van der Waals surface area contributed by atoms with Crippen molar-refractivity contribution in [2.24, 2.45) is 4.99 Å². The summed E-state index contributed by atoms with van der Waals surface area (Å²) in [6, 6.07) is 0. The van der Waals surface area contributed by atoms with E-state index in [9.17, 15) is 0 Å². The molecule has 96 valence electrons. The first-order valence-corrected chi connectivity index (χ1v) is 5.53. The second-order valence-electron chi connectivity index (χ2n) is 3.23. The average molecular weight is 251 g/mol. The van der Waals surface area contributed by atoms with E-state index in [1.807, 2.05) is 0 Å². The Kier molecular flexibility index (Phi) is 11.2. The first kappa shape index (κ1) is 15.9. The van der Waals surface area contributed by atoms with Crippen molar-refractivity contribution in [3.63, 3.8) is 0 Å². The molecule has 0 aromatic carbocycles. The van der Waals surface area contributed by atoms with Gasteiger partial charge in [0.25, 0.3) is 0 Å². The van der Waals surface area contributed by atoms with Crippen molar-refractivity contribution in [2.75, 3.05) is 27.6 Å². The summed E-state index contributed by atoms with van der Waals surface area (Å²) >= 11 is 3.70. The van der Waals surface area contributed by atoms with E-state index in [4.69, 9.17) is 18.4 Å². The van der Waals surface area contributed by atoms with E-state index in [-0.39, 0.29) is 12.4 Å². The summed E-state index contributed by atoms with van der Waals surface area (Å²) in [6.07, 6.45) is 2.95. The van der Waals surface area contributed by atoms with Crippen molar-refractivity contribution >= 4 is 19.1 Å². The Bertz CT molecular complexity index is 180. The first-order chi connectivity index (χ1) is 7.74. The number of aliphatic imine (C=N–C) groups is 1. The molecular formula is C10H21NO4S. The lowest BCUT2D eigenvalue weighted by Gasteiger charge is -2.19. The summed E-state index contributed by atoms with van der Waals surface area (Å²) < 4.78 is 20.1. The van der Waals surface area contributed by atoms with Gasteiger partial charge in [0, 0.05) is 33.5 Å². The van der Waals surface area contributed by atoms with Gasteiger partial charge in [-0.2, -0.15) is 0 Å². The summed E-state index contributed by atoms with van der Waals surface area (Å²) in [4.78, 5) is 4.04. The maximum atomic E-state index is 5.57.